The lowest BCUT2D eigenvalue weighted by molar-refractivity contribution is -0.274. The zero-order chi connectivity index (χ0) is 27.9. The quantitative estimate of drug-likeness (QED) is 0.291. The van der Waals surface area contributed by atoms with E-state index in [4.69, 9.17) is 9.47 Å². The highest BCUT2D eigenvalue weighted by atomic mass is 32.2. The van der Waals surface area contributed by atoms with Crippen molar-refractivity contribution in [3.63, 3.8) is 0 Å². The molecule has 1 fully saturated rings. The van der Waals surface area contributed by atoms with E-state index in [1.807, 2.05) is 0 Å². The minimum absolute atomic E-state index is 0.0857. The third-order valence-corrected chi connectivity index (χ3v) is 7.24. The SMILES string of the molecule is CCOC(=O)C(C(=O)Nc1ccc(S(=O)(=O)Nc2cccc(OC(F)(F)F)c2)c(OCC)c1)C1CCCC1. The average molecular weight is 559 g/mol. The molecule has 0 aliphatic heterocycles. The van der Waals surface area contributed by atoms with Crippen molar-refractivity contribution < 1.29 is 45.4 Å². The number of ether oxygens (including phenoxy) is 3. The summed E-state index contributed by atoms with van der Waals surface area (Å²) in [4.78, 5) is 25.3. The third-order valence-electron chi connectivity index (χ3n) is 5.81. The molecule has 3 rings (SSSR count). The Labute approximate surface area is 218 Å². The molecule has 13 heteroatoms. The fourth-order valence-electron chi connectivity index (χ4n) is 4.30. The van der Waals surface area contributed by atoms with Crippen molar-refractivity contribution in [3.05, 3.63) is 42.5 Å². The van der Waals surface area contributed by atoms with Crippen molar-refractivity contribution in [2.75, 3.05) is 23.3 Å². The lowest BCUT2D eigenvalue weighted by Crippen LogP contribution is -2.36. The fraction of sp³-hybridized carbons (Fsp3) is 0.440. The molecule has 0 bridgehead atoms. The highest BCUT2D eigenvalue weighted by Gasteiger charge is 2.38. The molecule has 1 unspecified atom stereocenters. The molecule has 0 spiro atoms. The van der Waals surface area contributed by atoms with Gasteiger partial charge in [0, 0.05) is 17.8 Å². The number of carbonyl (C=O) groups is 2. The molecule has 2 aromatic rings. The molecule has 208 valence electrons. The summed E-state index contributed by atoms with van der Waals surface area (Å²) >= 11 is 0. The Morgan fingerprint density at radius 2 is 1.74 bits per heavy atom. The second-order valence-corrected chi connectivity index (χ2v) is 10.2. The standard InChI is InChI=1S/C25H29F3N2O7S/c1-3-35-20-15-17(29-23(31)22(24(32)36-4-2)16-8-5-6-9-16)12-13-21(20)38(33,34)30-18-10-7-11-19(14-18)37-25(26,27)28/h7,10-16,22,30H,3-6,8-9H2,1-2H3,(H,29,31). The van der Waals surface area contributed by atoms with Crippen LogP contribution in [0.15, 0.2) is 47.4 Å². The zero-order valence-corrected chi connectivity index (χ0v) is 21.7. The number of hydrogen-bond acceptors (Lipinski definition) is 7. The minimum atomic E-state index is -4.94. The van der Waals surface area contributed by atoms with E-state index in [9.17, 15) is 31.2 Å². The first-order chi connectivity index (χ1) is 17.9. The molecule has 2 aromatic carbocycles. The molecule has 1 aliphatic carbocycles. The topological polar surface area (TPSA) is 120 Å². The average Bonchev–Trinajstić information content (AvgIpc) is 3.32. The highest BCUT2D eigenvalue weighted by molar-refractivity contribution is 7.92. The lowest BCUT2D eigenvalue weighted by Gasteiger charge is -2.21. The van der Waals surface area contributed by atoms with Crippen LogP contribution in [0.5, 0.6) is 11.5 Å². The number of nitrogens with one attached hydrogen (secondary N) is 2. The van der Waals surface area contributed by atoms with E-state index in [1.54, 1.807) is 13.8 Å². The highest BCUT2D eigenvalue weighted by Crippen LogP contribution is 2.34. The van der Waals surface area contributed by atoms with Crippen molar-refractivity contribution in [1.29, 1.82) is 0 Å². The molecular weight excluding hydrogens is 529 g/mol. The molecule has 9 nitrogen and oxygen atoms in total. The van der Waals surface area contributed by atoms with Crippen LogP contribution in [0.3, 0.4) is 0 Å². The zero-order valence-electron chi connectivity index (χ0n) is 20.8. The number of halogens is 3. The second-order valence-electron chi connectivity index (χ2n) is 8.54. The Kier molecular flexibility index (Phi) is 9.47. The number of carbonyl (C=O) groups excluding carboxylic acids is 2. The van der Waals surface area contributed by atoms with E-state index >= 15 is 0 Å². The molecule has 2 N–H and O–H groups in total. The molecular formula is C25H29F3N2O7S. The summed E-state index contributed by atoms with van der Waals surface area (Å²) < 4.78 is 80.3. The summed E-state index contributed by atoms with van der Waals surface area (Å²) in [6.07, 6.45) is -1.68. The number of rotatable bonds is 11. The van der Waals surface area contributed by atoms with Crippen molar-refractivity contribution in [2.45, 2.75) is 50.8 Å². The maximum Gasteiger partial charge on any atom is 0.573 e. The van der Waals surface area contributed by atoms with Gasteiger partial charge in [-0.1, -0.05) is 18.9 Å². The first kappa shape index (κ1) is 29.1. The summed E-state index contributed by atoms with van der Waals surface area (Å²) in [5, 5.41) is 2.66. The van der Waals surface area contributed by atoms with E-state index in [1.165, 1.54) is 30.3 Å². The minimum Gasteiger partial charge on any atom is -0.492 e. The van der Waals surface area contributed by atoms with Gasteiger partial charge in [0.2, 0.25) is 5.91 Å². The molecule has 0 aromatic heterocycles. The van der Waals surface area contributed by atoms with Gasteiger partial charge in [-0.25, -0.2) is 8.42 Å². The Hall–Kier alpha value is -3.48. The van der Waals surface area contributed by atoms with E-state index in [0.717, 1.165) is 37.8 Å². The van der Waals surface area contributed by atoms with Crippen LogP contribution in [-0.4, -0.2) is 39.9 Å². The van der Waals surface area contributed by atoms with Gasteiger partial charge < -0.3 is 19.5 Å². The Morgan fingerprint density at radius 1 is 1.03 bits per heavy atom. The van der Waals surface area contributed by atoms with E-state index in [2.05, 4.69) is 14.8 Å². The number of benzene rings is 2. The van der Waals surface area contributed by atoms with Gasteiger partial charge >= 0.3 is 12.3 Å². The van der Waals surface area contributed by atoms with Crippen molar-refractivity contribution in [3.8, 4) is 11.5 Å². The van der Waals surface area contributed by atoms with E-state index in [-0.39, 0.29) is 41.2 Å². The molecule has 1 aliphatic rings. The van der Waals surface area contributed by atoms with Crippen LogP contribution in [0.2, 0.25) is 0 Å². The molecule has 1 atom stereocenters. The first-order valence-electron chi connectivity index (χ1n) is 12.1. The predicted octanol–water partition coefficient (Wildman–Crippen LogP) is 5.09. The van der Waals surface area contributed by atoms with Crippen LogP contribution in [0, 0.1) is 11.8 Å². The van der Waals surface area contributed by atoms with Crippen molar-refractivity contribution >= 4 is 33.3 Å². The predicted molar refractivity (Wildman–Crippen MR) is 132 cm³/mol. The normalized spacial score (nSPS) is 15.0. The summed E-state index contributed by atoms with van der Waals surface area (Å²) in [6.45, 7) is 3.50. The summed E-state index contributed by atoms with van der Waals surface area (Å²) in [5.74, 6) is -3.02. The molecule has 0 heterocycles. The fourth-order valence-corrected chi connectivity index (χ4v) is 5.48. The maximum absolute atomic E-state index is 13.1. The number of amides is 1. The maximum atomic E-state index is 13.1. The Balaban J connectivity index is 1.84. The van der Waals surface area contributed by atoms with E-state index in [0.29, 0.717) is 0 Å². The monoisotopic (exact) mass is 558 g/mol. The van der Waals surface area contributed by atoms with Gasteiger partial charge in [0.05, 0.1) is 18.9 Å². The number of hydrogen-bond donors (Lipinski definition) is 2. The second kappa shape index (κ2) is 12.4. The number of anilines is 2. The van der Waals surface area contributed by atoms with Gasteiger partial charge in [-0.05, 0) is 56.9 Å². The van der Waals surface area contributed by atoms with Gasteiger partial charge in [-0.15, -0.1) is 13.2 Å². The summed E-state index contributed by atoms with van der Waals surface area (Å²) in [5.41, 5.74) is 0.0330. The largest absolute Gasteiger partial charge is 0.573 e. The van der Waals surface area contributed by atoms with Crippen LogP contribution in [-0.2, 0) is 24.3 Å². The van der Waals surface area contributed by atoms with Crippen molar-refractivity contribution in [1.82, 2.24) is 0 Å². The smallest absolute Gasteiger partial charge is 0.492 e. The Bertz CT molecular complexity index is 1250. The van der Waals surface area contributed by atoms with Crippen LogP contribution >= 0.6 is 0 Å². The van der Waals surface area contributed by atoms with E-state index < -0.39 is 39.9 Å². The van der Waals surface area contributed by atoms with Crippen molar-refractivity contribution in [2.24, 2.45) is 11.8 Å². The van der Waals surface area contributed by atoms with Crippen LogP contribution in [0.4, 0.5) is 24.5 Å². The third kappa shape index (κ3) is 7.76. The molecule has 0 radical (unpaired) electrons. The number of alkyl halides is 3. The molecule has 1 amide bonds. The van der Waals surface area contributed by atoms with Crippen LogP contribution in [0.1, 0.15) is 39.5 Å². The van der Waals surface area contributed by atoms with Gasteiger partial charge in [-0.3, -0.25) is 14.3 Å². The molecule has 1 saturated carbocycles. The van der Waals surface area contributed by atoms with Crippen LogP contribution in [0.25, 0.3) is 0 Å². The number of sulfonamides is 1. The summed E-state index contributed by atoms with van der Waals surface area (Å²) in [7, 11) is -4.32. The first-order valence-corrected chi connectivity index (χ1v) is 13.5. The van der Waals surface area contributed by atoms with Gasteiger partial charge in [0.25, 0.3) is 10.0 Å². The van der Waals surface area contributed by atoms with Gasteiger partial charge in [0.15, 0.2) is 0 Å². The summed E-state index contributed by atoms with van der Waals surface area (Å²) in [6, 6.07) is 8.20. The molecule has 0 saturated heterocycles. The molecule has 38 heavy (non-hydrogen) atoms. The lowest BCUT2D eigenvalue weighted by atomic mass is 9.90. The van der Waals surface area contributed by atoms with Gasteiger partial charge in [0.1, 0.15) is 22.3 Å². The number of esters is 1. The van der Waals surface area contributed by atoms with Gasteiger partial charge in [-0.2, -0.15) is 0 Å². The van der Waals surface area contributed by atoms with Crippen LogP contribution < -0.4 is 19.5 Å². The Morgan fingerprint density at radius 3 is 2.37 bits per heavy atom.